The van der Waals surface area contributed by atoms with Gasteiger partial charge in [-0.25, -0.2) is 0 Å². The highest BCUT2D eigenvalue weighted by Crippen LogP contribution is 2.40. The van der Waals surface area contributed by atoms with Crippen molar-refractivity contribution in [2.24, 2.45) is 0 Å². The Morgan fingerprint density at radius 1 is 1.11 bits per heavy atom. The highest BCUT2D eigenvalue weighted by molar-refractivity contribution is 5.49. The lowest BCUT2D eigenvalue weighted by Crippen LogP contribution is -2.11. The van der Waals surface area contributed by atoms with E-state index in [2.05, 4.69) is 0 Å². The molecule has 6 heteroatoms. The van der Waals surface area contributed by atoms with Crippen LogP contribution in [0.15, 0.2) is 12.1 Å². The number of hydrogen-bond acceptors (Lipinski definition) is 3. The summed E-state index contributed by atoms with van der Waals surface area (Å²) in [6.45, 7) is 0.406. The molecular weight excluding hydrogens is 249 g/mol. The van der Waals surface area contributed by atoms with E-state index >= 15 is 0 Å². The first-order chi connectivity index (χ1) is 8.52. The molecule has 0 radical (unpaired) electrons. The minimum Gasteiger partial charge on any atom is -0.490 e. The lowest BCUT2D eigenvalue weighted by atomic mass is 10.0. The van der Waals surface area contributed by atoms with Crippen molar-refractivity contribution in [1.82, 2.24) is 0 Å². The van der Waals surface area contributed by atoms with Gasteiger partial charge < -0.3 is 14.6 Å². The Kier molecular flexibility index (Phi) is 3.65. The molecule has 0 atom stereocenters. The second-order valence-electron chi connectivity index (χ2n) is 3.98. The number of halogens is 3. The summed E-state index contributed by atoms with van der Waals surface area (Å²) < 4.78 is 49.2. The van der Waals surface area contributed by atoms with E-state index in [1.807, 2.05) is 0 Å². The fourth-order valence-corrected chi connectivity index (χ4v) is 1.84. The molecule has 0 fully saturated rings. The Balaban J connectivity index is 2.47. The molecule has 0 unspecified atom stereocenters. The van der Waals surface area contributed by atoms with Gasteiger partial charge in [0.2, 0.25) is 0 Å². The Bertz CT molecular complexity index is 429. The molecule has 0 aromatic heterocycles. The largest absolute Gasteiger partial charge is 0.490 e. The predicted octanol–water partition coefficient (Wildman–Crippen LogP) is 2.40. The maximum Gasteiger partial charge on any atom is 0.416 e. The molecule has 1 aliphatic heterocycles. The van der Waals surface area contributed by atoms with E-state index in [1.165, 1.54) is 6.07 Å². The molecule has 1 N–H and O–H groups in total. The highest BCUT2D eigenvalue weighted by Gasteiger charge is 2.34. The molecule has 0 spiro atoms. The van der Waals surface area contributed by atoms with Crippen LogP contribution in [0.5, 0.6) is 11.5 Å². The normalized spacial score (nSPS) is 15.3. The van der Waals surface area contributed by atoms with Gasteiger partial charge in [-0.2, -0.15) is 13.2 Å². The summed E-state index contributed by atoms with van der Waals surface area (Å²) in [6, 6.07) is 2.26. The standard InChI is InChI=1S/C12H13F3O3/c13-12(14,15)9-7-11-10(6-8(9)2-3-16)17-4-1-5-18-11/h6-7,16H,1-5H2. The number of aliphatic hydroxyl groups excluding tert-OH is 1. The van der Waals surface area contributed by atoms with Crippen molar-refractivity contribution < 1.29 is 27.8 Å². The van der Waals surface area contributed by atoms with Gasteiger partial charge in [-0.3, -0.25) is 0 Å². The summed E-state index contributed by atoms with van der Waals surface area (Å²) in [5.74, 6) is 0.422. The molecule has 0 saturated carbocycles. The van der Waals surface area contributed by atoms with Crippen molar-refractivity contribution in [1.29, 1.82) is 0 Å². The molecule has 1 heterocycles. The van der Waals surface area contributed by atoms with Crippen LogP contribution >= 0.6 is 0 Å². The van der Waals surface area contributed by atoms with Crippen molar-refractivity contribution in [3.63, 3.8) is 0 Å². The van der Waals surface area contributed by atoms with E-state index in [1.54, 1.807) is 0 Å². The Morgan fingerprint density at radius 3 is 2.28 bits per heavy atom. The number of fused-ring (bicyclic) bond motifs is 1. The molecule has 0 saturated heterocycles. The lowest BCUT2D eigenvalue weighted by Gasteiger charge is -2.16. The summed E-state index contributed by atoms with van der Waals surface area (Å²) in [5.41, 5.74) is -0.755. The lowest BCUT2D eigenvalue weighted by molar-refractivity contribution is -0.138. The van der Waals surface area contributed by atoms with Gasteiger partial charge in [-0.15, -0.1) is 0 Å². The van der Waals surface area contributed by atoms with Gasteiger partial charge in [-0.05, 0) is 24.1 Å². The number of rotatable bonds is 2. The Hall–Kier alpha value is -1.43. The number of hydrogen-bond donors (Lipinski definition) is 1. The minimum absolute atomic E-state index is 0.0225. The first-order valence-corrected chi connectivity index (χ1v) is 5.63. The fraction of sp³-hybridized carbons (Fsp3) is 0.500. The van der Waals surface area contributed by atoms with Gasteiger partial charge in [0.25, 0.3) is 0 Å². The third-order valence-electron chi connectivity index (χ3n) is 2.66. The van der Waals surface area contributed by atoms with Gasteiger partial charge in [-0.1, -0.05) is 0 Å². The number of benzene rings is 1. The van der Waals surface area contributed by atoms with Crippen molar-refractivity contribution in [2.75, 3.05) is 19.8 Å². The summed E-state index contributed by atoms with van der Waals surface area (Å²) in [4.78, 5) is 0. The molecule has 1 aliphatic rings. The number of alkyl halides is 3. The van der Waals surface area contributed by atoms with Gasteiger partial charge in [0.05, 0.1) is 18.8 Å². The minimum atomic E-state index is -4.46. The van der Waals surface area contributed by atoms with Crippen molar-refractivity contribution in [3.8, 4) is 11.5 Å². The predicted molar refractivity (Wildman–Crippen MR) is 57.8 cm³/mol. The molecule has 1 aromatic rings. The summed E-state index contributed by atoms with van der Waals surface area (Å²) in [5, 5.41) is 8.83. The third kappa shape index (κ3) is 2.69. The van der Waals surface area contributed by atoms with Crippen LogP contribution in [-0.2, 0) is 12.6 Å². The second-order valence-corrected chi connectivity index (χ2v) is 3.98. The van der Waals surface area contributed by atoms with E-state index in [0.29, 0.717) is 25.4 Å². The first-order valence-electron chi connectivity index (χ1n) is 5.63. The van der Waals surface area contributed by atoms with Crippen LogP contribution in [0.1, 0.15) is 17.5 Å². The second kappa shape index (κ2) is 5.06. The van der Waals surface area contributed by atoms with Crippen LogP contribution in [0.2, 0.25) is 0 Å². The molecular formula is C12H13F3O3. The van der Waals surface area contributed by atoms with Crippen LogP contribution in [0.3, 0.4) is 0 Å². The highest BCUT2D eigenvalue weighted by atomic mass is 19.4. The molecule has 18 heavy (non-hydrogen) atoms. The molecule has 100 valence electrons. The molecule has 0 bridgehead atoms. The van der Waals surface area contributed by atoms with E-state index < -0.39 is 11.7 Å². The number of aliphatic hydroxyl groups is 1. The van der Waals surface area contributed by atoms with Crippen LogP contribution < -0.4 is 9.47 Å². The van der Waals surface area contributed by atoms with Crippen LogP contribution in [-0.4, -0.2) is 24.9 Å². The summed E-state index contributed by atoms with van der Waals surface area (Å²) in [6.07, 6.45) is -3.90. The van der Waals surface area contributed by atoms with Gasteiger partial charge in [0.15, 0.2) is 11.5 Å². The molecule has 0 aliphatic carbocycles. The average molecular weight is 262 g/mol. The van der Waals surface area contributed by atoms with Gasteiger partial charge in [0, 0.05) is 13.0 Å². The van der Waals surface area contributed by atoms with E-state index in [9.17, 15) is 13.2 Å². The maximum absolute atomic E-state index is 12.9. The van der Waals surface area contributed by atoms with Crippen LogP contribution in [0.4, 0.5) is 13.2 Å². The smallest absolute Gasteiger partial charge is 0.416 e. The zero-order valence-electron chi connectivity index (χ0n) is 9.59. The van der Waals surface area contributed by atoms with E-state index in [0.717, 1.165) is 6.07 Å². The SMILES string of the molecule is OCCc1cc2c(cc1C(F)(F)F)OCCCO2. The van der Waals surface area contributed by atoms with Crippen molar-refractivity contribution in [2.45, 2.75) is 19.0 Å². The Morgan fingerprint density at radius 2 is 1.72 bits per heavy atom. The summed E-state index contributed by atoms with van der Waals surface area (Å²) in [7, 11) is 0. The molecule has 0 amide bonds. The number of ether oxygens (including phenoxy) is 2. The first kappa shape index (κ1) is 13.0. The molecule has 1 aromatic carbocycles. The van der Waals surface area contributed by atoms with E-state index in [4.69, 9.17) is 14.6 Å². The zero-order valence-corrected chi connectivity index (χ0v) is 9.59. The molecule has 3 nitrogen and oxygen atoms in total. The van der Waals surface area contributed by atoms with Crippen molar-refractivity contribution in [3.05, 3.63) is 23.3 Å². The zero-order chi connectivity index (χ0) is 13.2. The fourth-order valence-electron chi connectivity index (χ4n) is 1.84. The third-order valence-corrected chi connectivity index (χ3v) is 2.66. The Labute approximate surface area is 102 Å². The van der Waals surface area contributed by atoms with Crippen LogP contribution in [0.25, 0.3) is 0 Å². The van der Waals surface area contributed by atoms with Crippen LogP contribution in [0, 0.1) is 0 Å². The topological polar surface area (TPSA) is 38.7 Å². The van der Waals surface area contributed by atoms with E-state index in [-0.39, 0.29) is 24.3 Å². The monoisotopic (exact) mass is 262 g/mol. The summed E-state index contributed by atoms with van der Waals surface area (Å²) >= 11 is 0. The molecule has 2 rings (SSSR count). The van der Waals surface area contributed by atoms with Gasteiger partial charge >= 0.3 is 6.18 Å². The van der Waals surface area contributed by atoms with Crippen molar-refractivity contribution >= 4 is 0 Å². The maximum atomic E-state index is 12.9. The quantitative estimate of drug-likeness (QED) is 0.889. The van der Waals surface area contributed by atoms with Gasteiger partial charge in [0.1, 0.15) is 0 Å². The average Bonchev–Trinajstić information content (AvgIpc) is 2.51.